The molecule has 0 fully saturated rings. The van der Waals surface area contributed by atoms with Gasteiger partial charge in [-0.1, -0.05) is 12.1 Å². The molecule has 1 N–H and O–H groups in total. The molecule has 0 amide bonds. The molecule has 0 saturated carbocycles. The number of aromatic carboxylic acids is 1. The predicted molar refractivity (Wildman–Crippen MR) is 73.5 cm³/mol. The van der Waals surface area contributed by atoms with E-state index in [0.717, 1.165) is 0 Å². The maximum atomic E-state index is 11.6. The van der Waals surface area contributed by atoms with Gasteiger partial charge in [0.05, 0.1) is 12.3 Å². The zero-order valence-electron chi connectivity index (χ0n) is 11.6. The molecule has 0 aliphatic carbocycles. The van der Waals surface area contributed by atoms with E-state index in [2.05, 4.69) is 15.3 Å². The van der Waals surface area contributed by atoms with Crippen molar-refractivity contribution in [2.45, 2.75) is 13.5 Å². The van der Waals surface area contributed by atoms with E-state index in [1.807, 2.05) is 0 Å². The minimum atomic E-state index is -3.19. The largest absolute Gasteiger partial charge is 0.476 e. The second-order valence-corrected chi connectivity index (χ2v) is 6.89. The first-order valence-corrected chi connectivity index (χ1v) is 8.02. The molecule has 114 valence electrons. The minimum absolute atomic E-state index is 0.0191. The van der Waals surface area contributed by atoms with Crippen molar-refractivity contribution in [2.75, 3.05) is 11.5 Å². The van der Waals surface area contributed by atoms with Crippen molar-refractivity contribution >= 4 is 15.8 Å². The van der Waals surface area contributed by atoms with Crippen LogP contribution in [0.15, 0.2) is 12.4 Å². The first kappa shape index (κ1) is 15.2. The maximum absolute atomic E-state index is 11.6. The Balaban J connectivity index is 2.44. The number of nitrogens with zero attached hydrogens (tertiary/aromatic N) is 5. The minimum Gasteiger partial charge on any atom is -0.476 e. The van der Waals surface area contributed by atoms with E-state index in [0.29, 0.717) is 5.82 Å². The fourth-order valence-corrected chi connectivity index (χ4v) is 2.54. The molecule has 2 heterocycles. The molecule has 0 bridgehead atoms. The van der Waals surface area contributed by atoms with E-state index < -0.39 is 15.8 Å². The lowest BCUT2D eigenvalue weighted by Gasteiger charge is -2.07. The van der Waals surface area contributed by atoms with Crippen LogP contribution in [-0.4, -0.2) is 55.5 Å². The summed E-state index contributed by atoms with van der Waals surface area (Å²) in [5.41, 5.74) is -0.0560. The van der Waals surface area contributed by atoms with Gasteiger partial charge in [-0.05, 0) is 0 Å². The van der Waals surface area contributed by atoms with Crippen LogP contribution in [0.25, 0.3) is 11.5 Å². The van der Waals surface area contributed by atoms with Gasteiger partial charge >= 0.3 is 5.97 Å². The molecule has 0 aromatic carbocycles. The number of rotatable bonds is 6. The first-order chi connectivity index (χ1) is 9.85. The Morgan fingerprint density at radius 2 is 2.14 bits per heavy atom. The van der Waals surface area contributed by atoms with Crippen LogP contribution >= 0.6 is 0 Å². The topological polar surface area (TPSA) is 120 Å². The van der Waals surface area contributed by atoms with Gasteiger partial charge < -0.3 is 9.67 Å². The molecule has 0 aliphatic rings. The van der Waals surface area contributed by atoms with Crippen LogP contribution in [0.1, 0.15) is 17.4 Å². The lowest BCUT2D eigenvalue weighted by Crippen LogP contribution is -2.17. The van der Waals surface area contributed by atoms with Crippen LogP contribution < -0.4 is 0 Å². The zero-order chi connectivity index (χ0) is 15.6. The summed E-state index contributed by atoms with van der Waals surface area (Å²) in [7, 11) is -1.49. The molecule has 9 nitrogen and oxygen atoms in total. The van der Waals surface area contributed by atoms with Gasteiger partial charge in [0.15, 0.2) is 15.7 Å². The van der Waals surface area contributed by atoms with Crippen LogP contribution in [0.2, 0.25) is 0 Å². The zero-order valence-corrected chi connectivity index (χ0v) is 12.4. The number of aryl methyl sites for hydroxylation is 2. The average molecular weight is 313 g/mol. The Morgan fingerprint density at radius 3 is 2.67 bits per heavy atom. The summed E-state index contributed by atoms with van der Waals surface area (Å²) in [5, 5.41) is 16.5. The summed E-state index contributed by atoms with van der Waals surface area (Å²) in [6.07, 6.45) is 3.17. The number of hydrogen-bond acceptors (Lipinski definition) is 6. The first-order valence-electron chi connectivity index (χ1n) is 6.20. The van der Waals surface area contributed by atoms with Crippen LogP contribution in [0, 0.1) is 0 Å². The lowest BCUT2D eigenvalue weighted by molar-refractivity contribution is 0.0691. The van der Waals surface area contributed by atoms with Gasteiger partial charge in [0, 0.05) is 25.2 Å². The fourth-order valence-electron chi connectivity index (χ4n) is 1.80. The molecule has 2 rings (SSSR count). The Labute approximate surface area is 121 Å². The Kier molecular flexibility index (Phi) is 4.07. The van der Waals surface area contributed by atoms with Crippen molar-refractivity contribution < 1.29 is 18.3 Å². The molecule has 0 saturated heterocycles. The normalized spacial score (nSPS) is 11.7. The van der Waals surface area contributed by atoms with Crippen molar-refractivity contribution in [1.82, 2.24) is 24.5 Å². The second-order valence-electron chi connectivity index (χ2n) is 4.41. The summed E-state index contributed by atoms with van der Waals surface area (Å²) < 4.78 is 26.0. The van der Waals surface area contributed by atoms with E-state index in [4.69, 9.17) is 0 Å². The number of hydrogen-bond donors (Lipinski definition) is 1. The van der Waals surface area contributed by atoms with Crippen LogP contribution in [-0.2, 0) is 23.4 Å². The van der Waals surface area contributed by atoms with E-state index in [1.165, 1.54) is 10.9 Å². The van der Waals surface area contributed by atoms with Gasteiger partial charge in [0.25, 0.3) is 0 Å². The quantitative estimate of drug-likeness (QED) is 0.784. The SMILES string of the molecule is CCS(=O)(=O)CCn1nnc(C(=O)O)c1-c1nccn1C. The fraction of sp³-hybridized carbons (Fsp3) is 0.455. The highest BCUT2D eigenvalue weighted by atomic mass is 32.2. The molecule has 0 spiro atoms. The summed E-state index contributed by atoms with van der Waals surface area (Å²) in [6.45, 7) is 1.58. The molecular weight excluding hydrogens is 298 g/mol. The van der Waals surface area contributed by atoms with Gasteiger partial charge in [-0.25, -0.2) is 22.9 Å². The molecule has 0 aliphatic heterocycles. The van der Waals surface area contributed by atoms with Crippen LogP contribution in [0.4, 0.5) is 0 Å². The van der Waals surface area contributed by atoms with Crippen molar-refractivity contribution in [1.29, 1.82) is 0 Å². The highest BCUT2D eigenvalue weighted by Gasteiger charge is 2.24. The van der Waals surface area contributed by atoms with Crippen LogP contribution in [0.5, 0.6) is 0 Å². The third-order valence-electron chi connectivity index (χ3n) is 3.02. The summed E-state index contributed by atoms with van der Waals surface area (Å²) in [6, 6.07) is 0. The van der Waals surface area contributed by atoms with Gasteiger partial charge in [-0.15, -0.1) is 5.10 Å². The summed E-state index contributed by atoms with van der Waals surface area (Å²) in [5.74, 6) is -0.988. The van der Waals surface area contributed by atoms with Crippen molar-refractivity contribution in [3.05, 3.63) is 18.1 Å². The van der Waals surface area contributed by atoms with Crippen molar-refractivity contribution in [3.63, 3.8) is 0 Å². The third-order valence-corrected chi connectivity index (χ3v) is 4.71. The monoisotopic (exact) mass is 313 g/mol. The van der Waals surface area contributed by atoms with E-state index >= 15 is 0 Å². The maximum Gasteiger partial charge on any atom is 0.358 e. The highest BCUT2D eigenvalue weighted by molar-refractivity contribution is 7.91. The Bertz CT molecular complexity index is 761. The Morgan fingerprint density at radius 1 is 1.43 bits per heavy atom. The predicted octanol–water partition coefficient (Wildman–Crippen LogP) is -0.189. The smallest absolute Gasteiger partial charge is 0.358 e. The molecule has 2 aromatic heterocycles. The average Bonchev–Trinajstić information content (AvgIpc) is 3.02. The van der Waals surface area contributed by atoms with E-state index in [-0.39, 0.29) is 29.4 Å². The number of carboxylic acids is 1. The van der Waals surface area contributed by atoms with Gasteiger partial charge in [-0.2, -0.15) is 0 Å². The molecule has 2 aromatic rings. The summed E-state index contributed by atoms with van der Waals surface area (Å²) in [4.78, 5) is 15.3. The summed E-state index contributed by atoms with van der Waals surface area (Å²) >= 11 is 0. The molecule has 0 unspecified atom stereocenters. The molecule has 0 atom stereocenters. The molecule has 10 heteroatoms. The molecule has 0 radical (unpaired) electrons. The Hall–Kier alpha value is -2.23. The van der Waals surface area contributed by atoms with E-state index in [1.54, 1.807) is 24.7 Å². The van der Waals surface area contributed by atoms with E-state index in [9.17, 15) is 18.3 Å². The van der Waals surface area contributed by atoms with Crippen molar-refractivity contribution in [3.8, 4) is 11.5 Å². The molecular formula is C11H15N5O4S. The molecule has 21 heavy (non-hydrogen) atoms. The third kappa shape index (κ3) is 3.10. The van der Waals surface area contributed by atoms with Crippen molar-refractivity contribution in [2.24, 2.45) is 7.05 Å². The number of carbonyl (C=O) groups is 1. The number of sulfone groups is 1. The number of imidazole rings is 1. The van der Waals surface area contributed by atoms with Gasteiger partial charge in [0.1, 0.15) is 5.69 Å². The number of aromatic nitrogens is 5. The second kappa shape index (κ2) is 5.64. The number of carboxylic acid groups (broad SMARTS) is 1. The van der Waals surface area contributed by atoms with Gasteiger partial charge in [-0.3, -0.25) is 0 Å². The lowest BCUT2D eigenvalue weighted by atomic mass is 10.3. The highest BCUT2D eigenvalue weighted by Crippen LogP contribution is 2.20. The van der Waals surface area contributed by atoms with Crippen LogP contribution in [0.3, 0.4) is 0 Å². The van der Waals surface area contributed by atoms with Gasteiger partial charge in [0.2, 0.25) is 5.69 Å². The standard InChI is InChI=1S/C11H15N5O4S/c1-3-21(19,20)7-6-16-9(8(11(17)18)13-14-16)10-12-4-5-15(10)2/h4-5H,3,6-7H2,1-2H3,(H,17,18).